The van der Waals surface area contributed by atoms with Crippen LogP contribution in [-0.4, -0.2) is 22.4 Å². The largest absolute Gasteiger partial charge is 0.390 e. The highest BCUT2D eigenvalue weighted by atomic mass is 16.5. The molecule has 3 fully saturated rings. The molecular weight excluding hydrogens is 212 g/mol. The van der Waals surface area contributed by atoms with Crippen molar-refractivity contribution in [2.24, 2.45) is 23.7 Å². The van der Waals surface area contributed by atoms with Gasteiger partial charge in [0.25, 0.3) is 0 Å². The van der Waals surface area contributed by atoms with Crippen LogP contribution >= 0.6 is 0 Å². The normalized spacial score (nSPS) is 57.5. The van der Waals surface area contributed by atoms with Crippen molar-refractivity contribution in [2.75, 3.05) is 0 Å². The van der Waals surface area contributed by atoms with Crippen molar-refractivity contribution in [3.8, 4) is 0 Å². The van der Waals surface area contributed by atoms with E-state index in [-0.39, 0.29) is 17.3 Å². The van der Waals surface area contributed by atoms with Crippen LogP contribution in [0.4, 0.5) is 0 Å². The molecule has 0 unspecified atom stereocenters. The van der Waals surface area contributed by atoms with Crippen LogP contribution in [0, 0.1) is 23.7 Å². The van der Waals surface area contributed by atoms with Gasteiger partial charge in [-0.05, 0) is 56.3 Å². The SMILES string of the molecule is CC(C)[C@]12CC[C@](C)(O1)[C@H]1CC[C@@H](C)[C@@H]1[C@@H]2O. The monoisotopic (exact) mass is 238 g/mol. The average Bonchev–Trinajstić information content (AvgIpc) is 2.78. The fraction of sp³-hybridized carbons (Fsp3) is 1.00. The maximum Gasteiger partial charge on any atom is 0.0974 e. The van der Waals surface area contributed by atoms with Crippen molar-refractivity contribution >= 4 is 0 Å². The lowest BCUT2D eigenvalue weighted by Crippen LogP contribution is -2.60. The predicted octanol–water partition coefficient (Wildman–Crippen LogP) is 2.99. The van der Waals surface area contributed by atoms with Gasteiger partial charge >= 0.3 is 0 Å². The molecular formula is C15H26O2. The molecule has 0 spiro atoms. The van der Waals surface area contributed by atoms with Crippen LogP contribution in [0.1, 0.15) is 53.4 Å². The summed E-state index contributed by atoms with van der Waals surface area (Å²) in [5, 5.41) is 10.8. The van der Waals surface area contributed by atoms with Crippen molar-refractivity contribution < 1.29 is 9.84 Å². The molecule has 0 aromatic carbocycles. The molecule has 1 N–H and O–H groups in total. The Morgan fingerprint density at radius 2 is 1.94 bits per heavy atom. The van der Waals surface area contributed by atoms with Crippen molar-refractivity contribution in [2.45, 2.75) is 70.7 Å². The maximum absolute atomic E-state index is 10.8. The molecule has 2 heterocycles. The molecule has 1 aliphatic carbocycles. The molecule has 2 aliphatic heterocycles. The molecule has 98 valence electrons. The average molecular weight is 238 g/mol. The van der Waals surface area contributed by atoms with Gasteiger partial charge in [0.2, 0.25) is 0 Å². The third-order valence-corrected chi connectivity index (χ3v) is 6.12. The number of aliphatic hydroxyl groups is 1. The van der Waals surface area contributed by atoms with E-state index in [0.29, 0.717) is 23.7 Å². The summed E-state index contributed by atoms with van der Waals surface area (Å²) in [5.41, 5.74) is -0.215. The number of hydrogen-bond acceptors (Lipinski definition) is 2. The first-order chi connectivity index (χ1) is 7.91. The zero-order chi connectivity index (χ0) is 12.4. The maximum atomic E-state index is 10.8. The van der Waals surface area contributed by atoms with E-state index in [1.807, 2.05) is 0 Å². The van der Waals surface area contributed by atoms with Gasteiger partial charge in [-0.25, -0.2) is 0 Å². The van der Waals surface area contributed by atoms with Crippen LogP contribution in [0.2, 0.25) is 0 Å². The highest BCUT2D eigenvalue weighted by Crippen LogP contribution is 2.61. The molecule has 1 saturated carbocycles. The number of aliphatic hydroxyl groups excluding tert-OH is 1. The topological polar surface area (TPSA) is 29.5 Å². The van der Waals surface area contributed by atoms with E-state index in [2.05, 4.69) is 27.7 Å². The third kappa shape index (κ3) is 1.34. The van der Waals surface area contributed by atoms with E-state index < -0.39 is 0 Å². The van der Waals surface area contributed by atoms with Crippen molar-refractivity contribution in [3.63, 3.8) is 0 Å². The van der Waals surface area contributed by atoms with E-state index in [9.17, 15) is 5.11 Å². The molecule has 6 atom stereocenters. The first kappa shape index (κ1) is 12.0. The Kier molecular flexibility index (Phi) is 2.45. The standard InChI is InChI=1S/C15H26O2/c1-9(2)15-8-7-14(4,17-15)11-6-5-10(3)12(11)13(15)16/h9-13,16H,5-8H2,1-4H3/t10-,11+,12+,13+,14+,15+/m1/s1. The lowest BCUT2D eigenvalue weighted by molar-refractivity contribution is -0.251. The quantitative estimate of drug-likeness (QED) is 0.761. The van der Waals surface area contributed by atoms with E-state index >= 15 is 0 Å². The van der Waals surface area contributed by atoms with E-state index in [4.69, 9.17) is 4.74 Å². The Bertz CT molecular complexity index is 327. The Hall–Kier alpha value is -0.0800. The Balaban J connectivity index is 2.03. The van der Waals surface area contributed by atoms with Gasteiger partial charge < -0.3 is 9.84 Å². The van der Waals surface area contributed by atoms with Crippen LogP contribution in [0.3, 0.4) is 0 Å². The molecule has 0 aromatic heterocycles. The molecule has 0 aromatic rings. The second kappa shape index (κ2) is 3.48. The first-order valence-corrected chi connectivity index (χ1v) is 7.29. The van der Waals surface area contributed by atoms with Gasteiger partial charge in [0.15, 0.2) is 0 Å². The zero-order valence-electron chi connectivity index (χ0n) is 11.6. The second-order valence-electron chi connectivity index (χ2n) is 7.21. The predicted molar refractivity (Wildman–Crippen MR) is 67.7 cm³/mol. The molecule has 2 bridgehead atoms. The Morgan fingerprint density at radius 1 is 1.24 bits per heavy atom. The third-order valence-electron chi connectivity index (χ3n) is 6.12. The van der Waals surface area contributed by atoms with Crippen LogP contribution in [0.15, 0.2) is 0 Å². The van der Waals surface area contributed by atoms with Gasteiger partial charge in [0.05, 0.1) is 17.3 Å². The number of rotatable bonds is 1. The summed E-state index contributed by atoms with van der Waals surface area (Å²) >= 11 is 0. The molecule has 2 saturated heterocycles. The van der Waals surface area contributed by atoms with Gasteiger partial charge in [-0.2, -0.15) is 0 Å². The minimum atomic E-state index is -0.255. The number of hydrogen-bond donors (Lipinski definition) is 1. The van der Waals surface area contributed by atoms with Crippen LogP contribution < -0.4 is 0 Å². The van der Waals surface area contributed by atoms with E-state index in [1.54, 1.807) is 0 Å². The molecule has 0 amide bonds. The molecule has 3 rings (SSSR count). The van der Waals surface area contributed by atoms with Crippen LogP contribution in [0.25, 0.3) is 0 Å². The minimum Gasteiger partial charge on any atom is -0.390 e. The lowest BCUT2D eigenvalue weighted by Gasteiger charge is -2.52. The second-order valence-corrected chi connectivity index (χ2v) is 7.21. The van der Waals surface area contributed by atoms with Crippen molar-refractivity contribution in [1.82, 2.24) is 0 Å². The number of ether oxygens (including phenoxy) is 1. The summed E-state index contributed by atoms with van der Waals surface area (Å²) in [5.74, 6) is 2.13. The van der Waals surface area contributed by atoms with E-state index in [1.165, 1.54) is 12.8 Å². The fourth-order valence-electron chi connectivity index (χ4n) is 4.99. The summed E-state index contributed by atoms with van der Waals surface area (Å²) < 4.78 is 6.46. The summed E-state index contributed by atoms with van der Waals surface area (Å²) in [6, 6.07) is 0. The summed E-state index contributed by atoms with van der Waals surface area (Å²) in [6.07, 6.45) is 4.44. The Labute approximate surface area is 105 Å². The van der Waals surface area contributed by atoms with Gasteiger partial charge in [-0.3, -0.25) is 0 Å². The molecule has 0 radical (unpaired) electrons. The highest BCUT2D eigenvalue weighted by Gasteiger charge is 2.65. The number of fused-ring (bicyclic) bond motifs is 4. The zero-order valence-corrected chi connectivity index (χ0v) is 11.6. The van der Waals surface area contributed by atoms with Crippen LogP contribution in [0.5, 0.6) is 0 Å². The van der Waals surface area contributed by atoms with Gasteiger partial charge in [0.1, 0.15) is 0 Å². The fourth-order valence-corrected chi connectivity index (χ4v) is 4.99. The smallest absolute Gasteiger partial charge is 0.0974 e. The summed E-state index contributed by atoms with van der Waals surface area (Å²) in [4.78, 5) is 0. The summed E-state index contributed by atoms with van der Waals surface area (Å²) in [6.45, 7) is 9.01. The van der Waals surface area contributed by atoms with Gasteiger partial charge in [-0.15, -0.1) is 0 Å². The molecule has 2 nitrogen and oxygen atoms in total. The molecule has 3 aliphatic rings. The van der Waals surface area contributed by atoms with Gasteiger partial charge in [0, 0.05) is 0 Å². The van der Waals surface area contributed by atoms with E-state index in [0.717, 1.165) is 12.8 Å². The molecule has 2 heteroatoms. The highest BCUT2D eigenvalue weighted by molar-refractivity contribution is 5.14. The lowest BCUT2D eigenvalue weighted by atomic mass is 9.70. The van der Waals surface area contributed by atoms with Gasteiger partial charge in [-0.1, -0.05) is 20.8 Å². The molecule has 17 heavy (non-hydrogen) atoms. The minimum absolute atomic E-state index is 0.0406. The van der Waals surface area contributed by atoms with Crippen molar-refractivity contribution in [1.29, 1.82) is 0 Å². The first-order valence-electron chi connectivity index (χ1n) is 7.29. The van der Waals surface area contributed by atoms with Crippen LogP contribution in [-0.2, 0) is 4.74 Å². The Morgan fingerprint density at radius 3 is 2.59 bits per heavy atom. The van der Waals surface area contributed by atoms with Crippen molar-refractivity contribution in [3.05, 3.63) is 0 Å². The summed E-state index contributed by atoms with van der Waals surface area (Å²) in [7, 11) is 0.